The molecule has 0 radical (unpaired) electrons. The van der Waals surface area contributed by atoms with Gasteiger partial charge in [0.1, 0.15) is 0 Å². The minimum atomic E-state index is 0.288. The normalized spacial score (nSPS) is 21.2. The predicted molar refractivity (Wildman–Crippen MR) is 84.9 cm³/mol. The maximum Gasteiger partial charge on any atom is 0.0299 e. The second-order valence-electron chi connectivity index (χ2n) is 6.69. The van der Waals surface area contributed by atoms with E-state index < -0.39 is 0 Å². The first-order chi connectivity index (χ1) is 8.99. The van der Waals surface area contributed by atoms with E-state index in [2.05, 4.69) is 50.0 Å². The highest BCUT2D eigenvalue weighted by atomic mass is 32.1. The molecule has 0 amide bonds. The zero-order valence-electron chi connectivity index (χ0n) is 12.8. The first-order valence-corrected chi connectivity index (χ1v) is 8.33. The van der Waals surface area contributed by atoms with Gasteiger partial charge in [-0.1, -0.05) is 27.7 Å². The Balaban J connectivity index is 1.73. The van der Waals surface area contributed by atoms with Gasteiger partial charge >= 0.3 is 0 Å². The van der Waals surface area contributed by atoms with Crippen LogP contribution in [0.2, 0.25) is 0 Å². The zero-order valence-corrected chi connectivity index (χ0v) is 13.6. The van der Waals surface area contributed by atoms with Gasteiger partial charge in [0.25, 0.3) is 0 Å². The third-order valence-electron chi connectivity index (χ3n) is 3.95. The standard InChI is InChI=1S/C16H28N2S/c1-5-18-9-8-13(12-18)10-17-11-14-6-7-15(19-14)16(2,3)4/h6-7,13,17H,5,8-12H2,1-4H3. The lowest BCUT2D eigenvalue weighted by molar-refractivity contribution is 0.339. The van der Waals surface area contributed by atoms with Crippen LogP contribution in [0.4, 0.5) is 0 Å². The molecule has 0 aromatic carbocycles. The summed E-state index contributed by atoms with van der Waals surface area (Å²) in [7, 11) is 0. The molecule has 19 heavy (non-hydrogen) atoms. The van der Waals surface area contributed by atoms with Crippen LogP contribution in [0.1, 0.15) is 43.9 Å². The second-order valence-corrected chi connectivity index (χ2v) is 7.86. The van der Waals surface area contributed by atoms with Crippen molar-refractivity contribution in [1.29, 1.82) is 0 Å². The van der Waals surface area contributed by atoms with Crippen LogP contribution >= 0.6 is 11.3 Å². The van der Waals surface area contributed by atoms with Crippen molar-refractivity contribution in [2.45, 2.75) is 46.1 Å². The van der Waals surface area contributed by atoms with Crippen molar-refractivity contribution < 1.29 is 0 Å². The van der Waals surface area contributed by atoms with Crippen molar-refractivity contribution in [3.63, 3.8) is 0 Å². The molecule has 1 saturated heterocycles. The van der Waals surface area contributed by atoms with Crippen LogP contribution in [0, 0.1) is 5.92 Å². The lowest BCUT2D eigenvalue weighted by Gasteiger charge is -2.15. The molecule has 3 heteroatoms. The Bertz CT molecular complexity index is 392. The van der Waals surface area contributed by atoms with Crippen molar-refractivity contribution in [3.8, 4) is 0 Å². The molecule has 2 heterocycles. The Kier molecular flexibility index (Phi) is 5.04. The third kappa shape index (κ3) is 4.30. The van der Waals surface area contributed by atoms with Crippen molar-refractivity contribution in [1.82, 2.24) is 10.2 Å². The molecular formula is C16H28N2S. The van der Waals surface area contributed by atoms with Crippen molar-refractivity contribution in [3.05, 3.63) is 21.9 Å². The smallest absolute Gasteiger partial charge is 0.0299 e. The molecule has 0 bridgehead atoms. The molecule has 1 N–H and O–H groups in total. The molecular weight excluding hydrogens is 252 g/mol. The number of likely N-dealkylation sites (tertiary alicyclic amines) is 1. The van der Waals surface area contributed by atoms with Crippen LogP contribution in [-0.4, -0.2) is 31.1 Å². The van der Waals surface area contributed by atoms with E-state index in [4.69, 9.17) is 0 Å². The van der Waals surface area contributed by atoms with E-state index in [1.807, 2.05) is 11.3 Å². The van der Waals surface area contributed by atoms with Gasteiger partial charge in [0.2, 0.25) is 0 Å². The number of nitrogens with zero attached hydrogens (tertiary/aromatic N) is 1. The highest BCUT2D eigenvalue weighted by Crippen LogP contribution is 2.29. The van der Waals surface area contributed by atoms with Gasteiger partial charge in [0, 0.05) is 22.8 Å². The molecule has 1 fully saturated rings. The van der Waals surface area contributed by atoms with Crippen LogP contribution in [0.15, 0.2) is 12.1 Å². The van der Waals surface area contributed by atoms with Crippen molar-refractivity contribution in [2.75, 3.05) is 26.2 Å². The van der Waals surface area contributed by atoms with Gasteiger partial charge in [0.05, 0.1) is 0 Å². The maximum atomic E-state index is 3.64. The summed E-state index contributed by atoms with van der Waals surface area (Å²) in [5.74, 6) is 0.849. The van der Waals surface area contributed by atoms with E-state index in [1.165, 1.54) is 42.4 Å². The van der Waals surface area contributed by atoms with Crippen molar-refractivity contribution >= 4 is 11.3 Å². The summed E-state index contributed by atoms with van der Waals surface area (Å²) in [6.45, 7) is 15.1. The van der Waals surface area contributed by atoms with E-state index in [9.17, 15) is 0 Å². The van der Waals surface area contributed by atoms with Crippen LogP contribution in [-0.2, 0) is 12.0 Å². The molecule has 1 unspecified atom stereocenters. The average molecular weight is 280 g/mol. The minimum Gasteiger partial charge on any atom is -0.312 e. The minimum absolute atomic E-state index is 0.288. The van der Waals surface area contributed by atoms with Gasteiger partial charge in [-0.15, -0.1) is 11.3 Å². The number of rotatable bonds is 5. The molecule has 1 aliphatic heterocycles. The Hall–Kier alpha value is -0.380. The summed E-state index contributed by atoms with van der Waals surface area (Å²) in [6, 6.07) is 4.57. The first kappa shape index (κ1) is 15.0. The van der Waals surface area contributed by atoms with E-state index in [1.54, 1.807) is 0 Å². The molecule has 1 aromatic heterocycles. The molecule has 108 valence electrons. The summed E-state index contributed by atoms with van der Waals surface area (Å²) >= 11 is 1.95. The molecule has 1 aliphatic rings. The van der Waals surface area contributed by atoms with E-state index >= 15 is 0 Å². The lowest BCUT2D eigenvalue weighted by Crippen LogP contribution is -2.25. The van der Waals surface area contributed by atoms with Crippen LogP contribution in [0.3, 0.4) is 0 Å². The largest absolute Gasteiger partial charge is 0.312 e. The zero-order chi connectivity index (χ0) is 13.9. The number of thiophene rings is 1. The Labute approximate surface area is 122 Å². The summed E-state index contributed by atoms with van der Waals surface area (Å²) in [5.41, 5.74) is 0.288. The number of hydrogen-bond donors (Lipinski definition) is 1. The molecule has 1 aromatic rings. The molecule has 1 atom stereocenters. The van der Waals surface area contributed by atoms with Crippen LogP contribution < -0.4 is 5.32 Å². The highest BCUT2D eigenvalue weighted by molar-refractivity contribution is 7.12. The van der Waals surface area contributed by atoms with Gasteiger partial charge in [-0.25, -0.2) is 0 Å². The Morgan fingerprint density at radius 1 is 1.37 bits per heavy atom. The van der Waals surface area contributed by atoms with Gasteiger partial charge < -0.3 is 10.2 Å². The van der Waals surface area contributed by atoms with Gasteiger partial charge in [-0.3, -0.25) is 0 Å². The monoisotopic (exact) mass is 280 g/mol. The molecule has 2 rings (SSSR count). The predicted octanol–water partition coefficient (Wildman–Crippen LogP) is 3.48. The number of hydrogen-bond acceptors (Lipinski definition) is 3. The molecule has 2 nitrogen and oxygen atoms in total. The topological polar surface area (TPSA) is 15.3 Å². The highest BCUT2D eigenvalue weighted by Gasteiger charge is 2.20. The van der Waals surface area contributed by atoms with Crippen molar-refractivity contribution in [2.24, 2.45) is 5.92 Å². The van der Waals surface area contributed by atoms with Crippen LogP contribution in [0.5, 0.6) is 0 Å². The lowest BCUT2D eigenvalue weighted by atomic mass is 9.95. The molecule has 0 spiro atoms. The average Bonchev–Trinajstić information content (AvgIpc) is 2.96. The summed E-state index contributed by atoms with van der Waals surface area (Å²) < 4.78 is 0. The SMILES string of the molecule is CCN1CCC(CNCc2ccc(C(C)(C)C)s2)C1. The van der Waals surface area contributed by atoms with E-state index in [-0.39, 0.29) is 5.41 Å². The van der Waals surface area contributed by atoms with E-state index in [0.717, 1.165) is 12.5 Å². The van der Waals surface area contributed by atoms with Crippen LogP contribution in [0.25, 0.3) is 0 Å². The first-order valence-electron chi connectivity index (χ1n) is 7.51. The summed E-state index contributed by atoms with van der Waals surface area (Å²) in [6.07, 6.45) is 1.36. The maximum absolute atomic E-state index is 3.64. The molecule has 0 aliphatic carbocycles. The second kappa shape index (κ2) is 6.38. The van der Waals surface area contributed by atoms with Gasteiger partial charge in [-0.2, -0.15) is 0 Å². The Morgan fingerprint density at radius 2 is 2.16 bits per heavy atom. The fourth-order valence-corrected chi connectivity index (χ4v) is 3.68. The van der Waals surface area contributed by atoms with Gasteiger partial charge in [-0.05, 0) is 49.5 Å². The molecule has 0 saturated carbocycles. The summed E-state index contributed by atoms with van der Waals surface area (Å²) in [4.78, 5) is 5.51. The van der Waals surface area contributed by atoms with Gasteiger partial charge in [0.15, 0.2) is 0 Å². The third-order valence-corrected chi connectivity index (χ3v) is 5.46. The quantitative estimate of drug-likeness (QED) is 0.888. The number of nitrogens with one attached hydrogen (secondary N) is 1. The van der Waals surface area contributed by atoms with E-state index in [0.29, 0.717) is 0 Å². The summed E-state index contributed by atoms with van der Waals surface area (Å²) in [5, 5.41) is 3.64. The fourth-order valence-electron chi connectivity index (χ4n) is 2.64. The fraction of sp³-hybridized carbons (Fsp3) is 0.750. The Morgan fingerprint density at radius 3 is 2.74 bits per heavy atom.